The third-order valence-corrected chi connectivity index (χ3v) is 10.8. The van der Waals surface area contributed by atoms with E-state index in [1.54, 1.807) is 40.2 Å². The highest BCUT2D eigenvalue weighted by molar-refractivity contribution is 6.34. The molecular formula is C40H44ClN3O6. The van der Waals surface area contributed by atoms with E-state index in [2.05, 4.69) is 13.2 Å². The van der Waals surface area contributed by atoms with Crippen molar-refractivity contribution in [3.8, 4) is 5.75 Å². The first-order chi connectivity index (χ1) is 24.1. The predicted molar refractivity (Wildman–Crippen MR) is 194 cm³/mol. The number of aliphatic hydroxyl groups is 1. The molecule has 3 aromatic rings. The van der Waals surface area contributed by atoms with Crippen LogP contribution in [-0.4, -0.2) is 71.3 Å². The summed E-state index contributed by atoms with van der Waals surface area (Å²) in [5.74, 6) is -2.36. The first-order valence-electron chi connectivity index (χ1n) is 17.1. The van der Waals surface area contributed by atoms with Crippen molar-refractivity contribution < 1.29 is 29.0 Å². The molecule has 6 rings (SSSR count). The molecule has 3 fully saturated rings. The lowest BCUT2D eigenvalue weighted by Gasteiger charge is -2.40. The largest absolute Gasteiger partial charge is 0.494 e. The van der Waals surface area contributed by atoms with Crippen LogP contribution in [0.5, 0.6) is 5.75 Å². The first-order valence-corrected chi connectivity index (χ1v) is 17.4. The molecule has 0 saturated carbocycles. The first kappa shape index (κ1) is 35.4. The highest BCUT2D eigenvalue weighted by Crippen LogP contribution is 2.64. The van der Waals surface area contributed by atoms with Crippen LogP contribution in [0.2, 0.25) is 5.02 Å². The minimum Gasteiger partial charge on any atom is -0.494 e. The van der Waals surface area contributed by atoms with Crippen molar-refractivity contribution in [3.63, 3.8) is 0 Å². The minimum atomic E-state index is -1.35. The van der Waals surface area contributed by atoms with Crippen LogP contribution in [0.3, 0.4) is 0 Å². The van der Waals surface area contributed by atoms with Gasteiger partial charge < -0.3 is 29.3 Å². The molecular weight excluding hydrogens is 654 g/mol. The number of benzene rings is 3. The molecule has 9 nitrogen and oxygen atoms in total. The lowest BCUT2D eigenvalue weighted by atomic mass is 9.66. The zero-order chi connectivity index (χ0) is 35.8. The monoisotopic (exact) mass is 697 g/mol. The molecule has 3 heterocycles. The van der Waals surface area contributed by atoms with E-state index in [1.165, 1.54) is 4.90 Å². The number of halogens is 1. The SMILES string of the molecule is C=CCN(C(=O)[C@@H]1[C@H]2C(=O)N([C@H](CO)c3ccccc3)C(C(=O)N(CC=C)c3c(C)cccc3Cl)C23CC[C@@]1(C)O3)c1ccc(OCC)cc1. The van der Waals surface area contributed by atoms with Crippen molar-refractivity contribution in [2.24, 2.45) is 11.8 Å². The van der Waals surface area contributed by atoms with Crippen LogP contribution < -0.4 is 14.5 Å². The summed E-state index contributed by atoms with van der Waals surface area (Å²) in [7, 11) is 0. The Hall–Kier alpha value is -4.44. The second-order valence-electron chi connectivity index (χ2n) is 13.4. The van der Waals surface area contributed by atoms with Gasteiger partial charge in [0, 0.05) is 18.8 Å². The Morgan fingerprint density at radius 3 is 2.32 bits per heavy atom. The molecule has 262 valence electrons. The number of ether oxygens (including phenoxy) is 2. The van der Waals surface area contributed by atoms with Crippen LogP contribution >= 0.6 is 11.6 Å². The Morgan fingerprint density at radius 2 is 1.70 bits per heavy atom. The molecule has 3 amide bonds. The van der Waals surface area contributed by atoms with Crippen molar-refractivity contribution in [1.29, 1.82) is 0 Å². The number of carbonyl (C=O) groups excluding carboxylic acids is 3. The van der Waals surface area contributed by atoms with Gasteiger partial charge in [0.25, 0.3) is 5.91 Å². The molecule has 0 aromatic heterocycles. The van der Waals surface area contributed by atoms with E-state index >= 15 is 9.59 Å². The van der Waals surface area contributed by atoms with Crippen molar-refractivity contribution in [1.82, 2.24) is 4.90 Å². The van der Waals surface area contributed by atoms with Crippen LogP contribution in [0.4, 0.5) is 11.4 Å². The smallest absolute Gasteiger partial charge is 0.253 e. The van der Waals surface area contributed by atoms with Gasteiger partial charge in [0.1, 0.15) is 17.4 Å². The van der Waals surface area contributed by atoms with Gasteiger partial charge >= 0.3 is 0 Å². The summed E-state index contributed by atoms with van der Waals surface area (Å²) in [4.78, 5) is 49.9. The van der Waals surface area contributed by atoms with Gasteiger partial charge in [-0.05, 0) is 75.1 Å². The van der Waals surface area contributed by atoms with Gasteiger partial charge in [0.05, 0.1) is 47.4 Å². The number of likely N-dealkylation sites (tertiary alicyclic amines) is 1. The average molecular weight is 698 g/mol. The lowest BCUT2D eigenvalue weighted by molar-refractivity contribution is -0.148. The Morgan fingerprint density at radius 1 is 1.02 bits per heavy atom. The fourth-order valence-corrected chi connectivity index (χ4v) is 8.75. The predicted octanol–water partition coefficient (Wildman–Crippen LogP) is 6.28. The molecule has 3 aliphatic rings. The second kappa shape index (κ2) is 14.1. The number of aryl methyl sites for hydroxylation is 1. The van der Waals surface area contributed by atoms with E-state index in [1.807, 2.05) is 75.4 Å². The Kier molecular flexibility index (Phi) is 9.95. The van der Waals surface area contributed by atoms with E-state index in [-0.39, 0.29) is 19.0 Å². The van der Waals surface area contributed by atoms with Crippen LogP contribution in [0.25, 0.3) is 0 Å². The van der Waals surface area contributed by atoms with Gasteiger partial charge in [-0.2, -0.15) is 0 Å². The molecule has 2 unspecified atom stereocenters. The van der Waals surface area contributed by atoms with Crippen molar-refractivity contribution in [2.45, 2.75) is 56.9 Å². The Balaban J connectivity index is 1.49. The third-order valence-electron chi connectivity index (χ3n) is 10.5. The van der Waals surface area contributed by atoms with E-state index in [0.717, 1.165) is 5.56 Å². The number of hydrogen-bond acceptors (Lipinski definition) is 6. The molecule has 0 aliphatic carbocycles. The van der Waals surface area contributed by atoms with Gasteiger partial charge in [-0.25, -0.2) is 0 Å². The number of nitrogens with zero attached hydrogens (tertiary/aromatic N) is 3. The molecule has 50 heavy (non-hydrogen) atoms. The van der Waals surface area contributed by atoms with Gasteiger partial charge in [0.15, 0.2) is 0 Å². The Bertz CT molecular complexity index is 1760. The van der Waals surface area contributed by atoms with E-state index in [4.69, 9.17) is 21.1 Å². The van der Waals surface area contributed by atoms with Gasteiger partial charge in [-0.3, -0.25) is 14.4 Å². The number of carbonyl (C=O) groups is 3. The summed E-state index contributed by atoms with van der Waals surface area (Å²) in [6.45, 7) is 13.8. The normalized spacial score (nSPS) is 25.6. The zero-order valence-corrected chi connectivity index (χ0v) is 29.5. The van der Waals surface area contributed by atoms with E-state index in [9.17, 15) is 9.90 Å². The standard InChI is InChI=1S/C40H44ClN3O6/c1-6-23-42(28-17-19-29(20-18-28)49-8-3)36(46)32-33-37(47)44(31(25-45)27-14-10-9-11-15-27)35(40(33)22-21-39(32,5)50-40)38(48)43(24-7-2)34-26(4)13-12-16-30(34)41/h6-7,9-20,31-33,35,45H,1-2,8,21-25H2,3-5H3/t31-,32+,33+,35?,39-,40?/m1/s1. The molecule has 3 aliphatic heterocycles. The van der Waals surface area contributed by atoms with Crippen LogP contribution in [0, 0.1) is 18.8 Å². The summed E-state index contributed by atoms with van der Waals surface area (Å²) in [6.07, 6.45) is 4.09. The molecule has 1 N–H and O–H groups in total. The maximum atomic E-state index is 15.2. The molecule has 0 radical (unpaired) electrons. The highest BCUT2D eigenvalue weighted by atomic mass is 35.5. The third kappa shape index (κ3) is 5.71. The minimum absolute atomic E-state index is 0.113. The molecule has 3 saturated heterocycles. The summed E-state index contributed by atoms with van der Waals surface area (Å²) in [5, 5.41) is 11.3. The number of aliphatic hydroxyl groups excluding tert-OH is 1. The summed E-state index contributed by atoms with van der Waals surface area (Å²) >= 11 is 6.74. The summed E-state index contributed by atoms with van der Waals surface area (Å²) in [5.41, 5.74) is 0.180. The molecule has 10 heteroatoms. The summed E-state index contributed by atoms with van der Waals surface area (Å²) in [6, 6.07) is 19.7. The van der Waals surface area contributed by atoms with E-state index < -0.39 is 53.5 Å². The van der Waals surface area contributed by atoms with Gasteiger partial charge in [-0.15, -0.1) is 13.2 Å². The maximum Gasteiger partial charge on any atom is 0.253 e. The van der Waals surface area contributed by atoms with Gasteiger partial charge in [0.2, 0.25) is 11.8 Å². The number of amides is 3. The number of para-hydroxylation sites is 1. The second-order valence-corrected chi connectivity index (χ2v) is 13.8. The van der Waals surface area contributed by atoms with Crippen LogP contribution in [0.1, 0.15) is 43.9 Å². The zero-order valence-electron chi connectivity index (χ0n) is 28.8. The van der Waals surface area contributed by atoms with Crippen molar-refractivity contribution in [3.05, 3.63) is 114 Å². The fraction of sp³-hybridized carbons (Fsp3) is 0.375. The highest BCUT2D eigenvalue weighted by Gasteiger charge is 2.79. The van der Waals surface area contributed by atoms with E-state index in [0.29, 0.717) is 47.2 Å². The molecule has 2 bridgehead atoms. The lowest BCUT2D eigenvalue weighted by Crippen LogP contribution is -2.57. The topological polar surface area (TPSA) is 99.6 Å². The number of anilines is 2. The maximum absolute atomic E-state index is 15.2. The van der Waals surface area contributed by atoms with Crippen LogP contribution in [0.15, 0.2) is 98.1 Å². The summed E-state index contributed by atoms with van der Waals surface area (Å²) < 4.78 is 12.6. The number of hydrogen-bond donors (Lipinski definition) is 1. The molecule has 6 atom stereocenters. The Labute approximate surface area is 298 Å². The van der Waals surface area contributed by atoms with Gasteiger partial charge in [-0.1, -0.05) is 66.2 Å². The van der Waals surface area contributed by atoms with Crippen LogP contribution in [-0.2, 0) is 19.1 Å². The number of rotatable bonds is 13. The van der Waals surface area contributed by atoms with Crippen molar-refractivity contribution >= 4 is 40.7 Å². The quantitative estimate of drug-likeness (QED) is 0.211. The average Bonchev–Trinajstić information content (AvgIpc) is 3.68. The van der Waals surface area contributed by atoms with Crippen molar-refractivity contribution in [2.75, 3.05) is 36.1 Å². The molecule has 1 spiro atoms. The number of fused-ring (bicyclic) bond motifs is 1. The molecule has 3 aromatic carbocycles. The fourth-order valence-electron chi connectivity index (χ4n) is 8.43.